The van der Waals surface area contributed by atoms with Gasteiger partial charge in [0, 0.05) is 16.7 Å². The molecule has 2 aliphatic carbocycles. The van der Waals surface area contributed by atoms with Crippen molar-refractivity contribution in [2.24, 2.45) is 11.8 Å². The van der Waals surface area contributed by atoms with Crippen molar-refractivity contribution in [2.45, 2.75) is 78.1 Å². The second-order valence-electron chi connectivity index (χ2n) is 9.36. The van der Waals surface area contributed by atoms with Crippen molar-refractivity contribution in [2.75, 3.05) is 0 Å². The Morgan fingerprint density at radius 1 is 0.839 bits per heavy atom. The number of fused-ring (bicyclic) bond motifs is 4. The van der Waals surface area contributed by atoms with Crippen LogP contribution in [-0.4, -0.2) is 0 Å². The van der Waals surface area contributed by atoms with E-state index in [2.05, 4.69) is 13.0 Å². The summed E-state index contributed by atoms with van der Waals surface area (Å²) < 4.78 is 44.5. The lowest BCUT2D eigenvalue weighted by molar-refractivity contribution is 0.290. The molecule has 0 heterocycles. The molecule has 3 heteroatoms. The first kappa shape index (κ1) is 22.2. The van der Waals surface area contributed by atoms with E-state index in [1.807, 2.05) is 13.0 Å². The molecule has 0 saturated heterocycles. The smallest absolute Gasteiger partial charge is 0.168 e. The molecule has 0 atom stereocenters. The molecule has 0 radical (unpaired) electrons. The van der Waals surface area contributed by atoms with Gasteiger partial charge in [-0.15, -0.1) is 0 Å². The third-order valence-electron chi connectivity index (χ3n) is 7.17. The standard InChI is InChI=1S/C28H33F3/c1-3-5-6-8-18-9-11-19(12-10-18)13-14-21-17-23-22-16-15-20(7-4-2)26(29)24(22)25(23)28(31)27(21)30/h13-19H,3-12H2,1-2H3/b14-13+. The van der Waals surface area contributed by atoms with Gasteiger partial charge in [-0.25, -0.2) is 13.2 Å². The van der Waals surface area contributed by atoms with Crippen LogP contribution in [0.3, 0.4) is 0 Å². The number of allylic oxidation sites excluding steroid dienone is 1. The first-order valence-corrected chi connectivity index (χ1v) is 12.1. The first-order chi connectivity index (χ1) is 15.0. The molecule has 0 spiro atoms. The van der Waals surface area contributed by atoms with Crippen molar-refractivity contribution >= 4 is 6.08 Å². The predicted octanol–water partition coefficient (Wildman–Crippen LogP) is 9.10. The first-order valence-electron chi connectivity index (χ1n) is 12.1. The number of rotatable bonds is 8. The van der Waals surface area contributed by atoms with Crippen molar-refractivity contribution in [3.63, 3.8) is 0 Å². The van der Waals surface area contributed by atoms with E-state index >= 15 is 0 Å². The fourth-order valence-corrected chi connectivity index (χ4v) is 5.30. The van der Waals surface area contributed by atoms with Crippen LogP contribution in [0.5, 0.6) is 0 Å². The van der Waals surface area contributed by atoms with Gasteiger partial charge >= 0.3 is 0 Å². The highest BCUT2D eigenvalue weighted by Gasteiger charge is 2.33. The number of benzene rings is 2. The number of hydrogen-bond donors (Lipinski definition) is 0. The molecule has 0 aromatic heterocycles. The minimum atomic E-state index is -0.920. The van der Waals surface area contributed by atoms with E-state index in [0.717, 1.165) is 25.2 Å². The Kier molecular flexibility index (Phi) is 6.89. The van der Waals surface area contributed by atoms with Gasteiger partial charge in [0.1, 0.15) is 5.82 Å². The van der Waals surface area contributed by atoms with Gasteiger partial charge in [0.15, 0.2) is 11.6 Å². The monoisotopic (exact) mass is 426 g/mol. The third-order valence-corrected chi connectivity index (χ3v) is 7.17. The highest BCUT2D eigenvalue weighted by molar-refractivity contribution is 6.03. The van der Waals surface area contributed by atoms with Crippen LogP contribution in [0.4, 0.5) is 13.2 Å². The Morgan fingerprint density at radius 2 is 1.58 bits per heavy atom. The average Bonchev–Trinajstić information content (AvgIpc) is 2.76. The summed E-state index contributed by atoms with van der Waals surface area (Å²) in [6.07, 6.45) is 15.1. The molecular weight excluding hydrogens is 393 g/mol. The lowest BCUT2D eigenvalue weighted by Gasteiger charge is -2.28. The molecule has 1 fully saturated rings. The second-order valence-corrected chi connectivity index (χ2v) is 9.36. The van der Waals surface area contributed by atoms with Gasteiger partial charge in [-0.05, 0) is 66.7 Å². The minimum absolute atomic E-state index is 0.104. The molecule has 31 heavy (non-hydrogen) atoms. The normalized spacial score (nSPS) is 19.9. The summed E-state index contributed by atoms with van der Waals surface area (Å²) in [4.78, 5) is 0. The summed E-state index contributed by atoms with van der Waals surface area (Å²) in [5.41, 5.74) is 2.50. The predicted molar refractivity (Wildman–Crippen MR) is 123 cm³/mol. The van der Waals surface area contributed by atoms with Gasteiger partial charge in [-0.2, -0.15) is 0 Å². The van der Waals surface area contributed by atoms with Crippen molar-refractivity contribution in [1.29, 1.82) is 0 Å². The highest BCUT2D eigenvalue weighted by atomic mass is 19.2. The summed E-state index contributed by atoms with van der Waals surface area (Å²) >= 11 is 0. The van der Waals surface area contributed by atoms with Crippen LogP contribution in [0.2, 0.25) is 0 Å². The van der Waals surface area contributed by atoms with Crippen LogP contribution in [-0.2, 0) is 6.42 Å². The van der Waals surface area contributed by atoms with E-state index < -0.39 is 17.5 Å². The Morgan fingerprint density at radius 3 is 2.29 bits per heavy atom. The summed E-state index contributed by atoms with van der Waals surface area (Å²) in [5, 5.41) is 0. The maximum Gasteiger partial charge on any atom is 0.168 e. The number of unbranched alkanes of at least 4 members (excludes halogenated alkanes) is 2. The van der Waals surface area contributed by atoms with E-state index in [-0.39, 0.29) is 16.7 Å². The maximum atomic E-state index is 14.9. The summed E-state index contributed by atoms with van der Waals surface area (Å²) in [6, 6.07) is 5.30. The quantitative estimate of drug-likeness (QED) is 0.315. The zero-order valence-corrected chi connectivity index (χ0v) is 18.7. The van der Waals surface area contributed by atoms with Crippen LogP contribution in [0.25, 0.3) is 28.3 Å². The van der Waals surface area contributed by atoms with E-state index in [9.17, 15) is 13.2 Å². The van der Waals surface area contributed by atoms with Crippen LogP contribution >= 0.6 is 0 Å². The number of halogens is 3. The molecule has 0 aliphatic heterocycles. The zero-order chi connectivity index (χ0) is 22.0. The fraction of sp³-hybridized carbons (Fsp3) is 0.500. The lowest BCUT2D eigenvalue weighted by Crippen LogP contribution is -2.13. The average molecular weight is 427 g/mol. The Hall–Kier alpha value is -2.03. The minimum Gasteiger partial charge on any atom is -0.206 e. The van der Waals surface area contributed by atoms with E-state index in [4.69, 9.17) is 0 Å². The van der Waals surface area contributed by atoms with Crippen LogP contribution in [0.15, 0.2) is 24.3 Å². The molecule has 0 bridgehead atoms. The maximum absolute atomic E-state index is 14.9. The topological polar surface area (TPSA) is 0 Å². The van der Waals surface area contributed by atoms with Gasteiger partial charge < -0.3 is 0 Å². The zero-order valence-electron chi connectivity index (χ0n) is 18.7. The molecule has 0 unspecified atom stereocenters. The van der Waals surface area contributed by atoms with Crippen molar-refractivity contribution in [3.05, 3.63) is 52.9 Å². The third kappa shape index (κ3) is 4.33. The number of aryl methyl sites for hydroxylation is 1. The van der Waals surface area contributed by atoms with Crippen molar-refractivity contribution in [3.8, 4) is 22.3 Å². The van der Waals surface area contributed by atoms with Gasteiger partial charge in [0.05, 0.1) is 0 Å². The van der Waals surface area contributed by atoms with Crippen molar-refractivity contribution < 1.29 is 13.2 Å². The highest BCUT2D eigenvalue weighted by Crippen LogP contribution is 2.51. The molecule has 2 aliphatic rings. The van der Waals surface area contributed by atoms with E-state index in [1.165, 1.54) is 38.5 Å². The number of hydrogen-bond acceptors (Lipinski definition) is 0. The van der Waals surface area contributed by atoms with Crippen molar-refractivity contribution in [1.82, 2.24) is 0 Å². The Bertz CT molecular complexity index is 965. The lowest BCUT2D eigenvalue weighted by atomic mass is 9.77. The largest absolute Gasteiger partial charge is 0.206 e. The molecule has 0 N–H and O–H groups in total. The molecule has 2 aromatic rings. The SMILES string of the molecule is CCCCCC1CCC(/C=C/c2cc3c(c(F)c2F)-c2c-3ccc(CCC)c2F)CC1. The van der Waals surface area contributed by atoms with Gasteiger partial charge in [-0.3, -0.25) is 0 Å². The van der Waals surface area contributed by atoms with E-state index in [0.29, 0.717) is 29.0 Å². The Labute approximate surface area is 184 Å². The summed E-state index contributed by atoms with van der Waals surface area (Å²) in [5.74, 6) is -0.932. The molecule has 1 saturated carbocycles. The summed E-state index contributed by atoms with van der Waals surface area (Å²) in [6.45, 7) is 4.21. The molecule has 2 aromatic carbocycles. The van der Waals surface area contributed by atoms with Crippen LogP contribution in [0, 0.1) is 29.3 Å². The van der Waals surface area contributed by atoms with Gasteiger partial charge in [-0.1, -0.05) is 70.2 Å². The molecule has 166 valence electrons. The van der Waals surface area contributed by atoms with Crippen LogP contribution < -0.4 is 0 Å². The van der Waals surface area contributed by atoms with Gasteiger partial charge in [0.2, 0.25) is 0 Å². The molecule has 4 rings (SSSR count). The van der Waals surface area contributed by atoms with Gasteiger partial charge in [0.25, 0.3) is 0 Å². The second kappa shape index (κ2) is 9.63. The summed E-state index contributed by atoms with van der Waals surface area (Å²) in [7, 11) is 0. The fourth-order valence-electron chi connectivity index (χ4n) is 5.30. The van der Waals surface area contributed by atoms with Crippen LogP contribution in [0.1, 0.15) is 82.8 Å². The molecule has 0 amide bonds. The van der Waals surface area contributed by atoms with E-state index in [1.54, 1.807) is 18.2 Å². The molecule has 0 nitrogen and oxygen atoms in total. The molecular formula is C28H33F3. The Balaban J connectivity index is 1.48.